The number of hydrogen-bond donors (Lipinski definition) is 0. The van der Waals surface area contributed by atoms with Crippen LogP contribution in [0.4, 0.5) is 0 Å². The molecule has 2 heterocycles. The molecule has 0 aliphatic heterocycles. The van der Waals surface area contributed by atoms with Crippen molar-refractivity contribution in [2.24, 2.45) is 30.3 Å². The number of hydrogen-bond acceptors (Lipinski definition) is 0. The summed E-state index contributed by atoms with van der Waals surface area (Å²) in [5.41, 5.74) is 7.25. The summed E-state index contributed by atoms with van der Waals surface area (Å²) in [7, 11) is 3.74. The van der Waals surface area contributed by atoms with Crippen molar-refractivity contribution >= 4 is 0 Å². The zero-order valence-corrected chi connectivity index (χ0v) is 36.9. The number of pyridine rings is 2. The SMILES string of the molecule is [2H]c1c([2H])c([2H])c(-c2cc(-c3cc(C)c(C([2H])([2H])C(C)(C)C)c[n+]3C)c(C)cc2C([2H])([2H])[2H])c([2H])c1[2H].[2H]c1c([2H])c([2H])c(-c2cc(-c3cc(CC(C)(C)C)c(CC(C)(C)C)c[n+]3C)c(C)cc2C([2H])([2H])[2H])c([2H])c1[2H]. The van der Waals surface area contributed by atoms with Crippen molar-refractivity contribution in [3.63, 3.8) is 0 Å². The topological polar surface area (TPSA) is 7.76 Å². The molecule has 0 amide bonds. The van der Waals surface area contributed by atoms with Crippen LogP contribution in [0.15, 0.2) is 109 Å². The van der Waals surface area contributed by atoms with Crippen molar-refractivity contribution < 1.29 is 33.8 Å². The molecule has 6 aromatic rings. The van der Waals surface area contributed by atoms with Crippen LogP contribution in [0, 0.1) is 50.7 Å². The van der Waals surface area contributed by atoms with Gasteiger partial charge in [0.2, 0.25) is 11.4 Å². The Labute approximate surface area is 378 Å². The van der Waals surface area contributed by atoms with E-state index in [-0.39, 0.29) is 44.2 Å². The first kappa shape index (κ1) is 25.6. The molecule has 0 saturated heterocycles. The van der Waals surface area contributed by atoms with Crippen LogP contribution in [0.3, 0.4) is 0 Å². The number of aryl methyl sites for hydroxylation is 7. The second-order valence-electron chi connectivity index (χ2n) is 19.0. The molecule has 0 bridgehead atoms. The molecule has 0 saturated carbocycles. The summed E-state index contributed by atoms with van der Waals surface area (Å²) in [5.74, 6) is 0. The first-order valence-electron chi connectivity index (χ1n) is 28.8. The number of aromatic nitrogens is 2. The molecule has 304 valence electrons. The Balaban J connectivity index is 0.000000281. The van der Waals surface area contributed by atoms with Crippen LogP contribution < -0.4 is 9.13 Å². The lowest BCUT2D eigenvalue weighted by atomic mass is 9.81. The van der Waals surface area contributed by atoms with E-state index in [9.17, 15) is 0 Å². The first-order chi connectivity index (χ1) is 34.3. The lowest BCUT2D eigenvalue weighted by Crippen LogP contribution is -2.33. The van der Waals surface area contributed by atoms with Gasteiger partial charge in [0, 0.05) is 45.4 Å². The van der Waals surface area contributed by atoms with E-state index in [2.05, 4.69) is 53.8 Å². The zero-order valence-electron chi connectivity index (χ0n) is 54.9. The molecule has 0 aliphatic carbocycles. The van der Waals surface area contributed by atoms with E-state index in [1.54, 1.807) is 42.9 Å². The quantitative estimate of drug-likeness (QED) is 0.142. The van der Waals surface area contributed by atoms with Crippen molar-refractivity contribution in [2.45, 2.75) is 116 Å². The maximum absolute atomic E-state index is 8.72. The summed E-state index contributed by atoms with van der Waals surface area (Å²) >= 11 is 0. The summed E-state index contributed by atoms with van der Waals surface area (Å²) in [5, 5.41) is 0. The normalized spacial score (nSPS) is 17.1. The van der Waals surface area contributed by atoms with Gasteiger partial charge in [0.05, 0.1) is 13.7 Å². The Morgan fingerprint density at radius 2 is 0.879 bits per heavy atom. The van der Waals surface area contributed by atoms with E-state index in [1.807, 2.05) is 52.3 Å². The lowest BCUT2D eigenvalue weighted by molar-refractivity contribution is -0.661. The Hall–Kier alpha value is -4.82. The number of benzene rings is 4. The lowest BCUT2D eigenvalue weighted by Gasteiger charge is -2.24. The summed E-state index contributed by atoms with van der Waals surface area (Å²) < 4.78 is 152. The molecule has 4 aromatic carbocycles. The highest BCUT2D eigenvalue weighted by Gasteiger charge is 2.25. The number of rotatable bonds is 7. The molecule has 0 spiro atoms. The smallest absolute Gasteiger partial charge is 0.201 e. The minimum Gasteiger partial charge on any atom is -0.201 e. The minimum atomic E-state index is -2.59. The molecular weight excluding hydrogens is 701 g/mol. The molecule has 0 atom stereocenters. The largest absolute Gasteiger partial charge is 0.212 e. The average Bonchev–Trinajstić information content (AvgIpc) is 3.27. The van der Waals surface area contributed by atoms with Gasteiger partial charge in [-0.3, -0.25) is 0 Å². The van der Waals surface area contributed by atoms with Gasteiger partial charge in [0.25, 0.3) is 0 Å². The Morgan fingerprint density at radius 1 is 0.466 bits per heavy atom. The third kappa shape index (κ3) is 11.4. The van der Waals surface area contributed by atoms with Gasteiger partial charge in [0.15, 0.2) is 12.4 Å². The molecule has 0 aliphatic rings. The van der Waals surface area contributed by atoms with E-state index >= 15 is 0 Å². The van der Waals surface area contributed by atoms with Gasteiger partial charge in [-0.25, -0.2) is 9.13 Å². The monoisotopic (exact) mass is 791 g/mol. The van der Waals surface area contributed by atoms with Crippen molar-refractivity contribution in [3.8, 4) is 44.8 Å². The molecule has 2 nitrogen and oxygen atoms in total. The van der Waals surface area contributed by atoms with Crippen molar-refractivity contribution in [1.82, 2.24) is 0 Å². The third-order valence-corrected chi connectivity index (χ3v) is 9.70. The molecular formula is C56H72N2+2. The predicted molar refractivity (Wildman–Crippen MR) is 250 cm³/mol. The highest BCUT2D eigenvalue weighted by Crippen LogP contribution is 2.35. The van der Waals surface area contributed by atoms with Crippen LogP contribution in [0.5, 0.6) is 0 Å². The molecule has 0 radical (unpaired) electrons. The van der Waals surface area contributed by atoms with Crippen LogP contribution in [-0.2, 0) is 33.3 Å². The summed E-state index contributed by atoms with van der Waals surface area (Å²) in [6.45, 7) is 19.1. The third-order valence-electron chi connectivity index (χ3n) is 9.70. The van der Waals surface area contributed by atoms with E-state index in [4.69, 9.17) is 24.7 Å². The van der Waals surface area contributed by atoms with Crippen LogP contribution in [-0.4, -0.2) is 0 Å². The number of nitrogens with zero attached hydrogens (tertiary/aromatic N) is 2. The van der Waals surface area contributed by atoms with Crippen LogP contribution in [0.2, 0.25) is 0 Å². The zero-order chi connectivity index (χ0) is 58.2. The van der Waals surface area contributed by atoms with Gasteiger partial charge in [-0.15, -0.1) is 0 Å². The van der Waals surface area contributed by atoms with E-state index in [0.29, 0.717) is 22.4 Å². The maximum Gasteiger partial charge on any atom is 0.212 e. The molecule has 0 unspecified atom stereocenters. The second kappa shape index (κ2) is 17.6. The fourth-order valence-electron chi connectivity index (χ4n) is 7.18. The van der Waals surface area contributed by atoms with Crippen LogP contribution >= 0.6 is 0 Å². The summed E-state index contributed by atoms with van der Waals surface area (Å²) in [4.78, 5) is 0. The molecule has 58 heavy (non-hydrogen) atoms. The second-order valence-corrected chi connectivity index (χ2v) is 19.0. The molecule has 2 heteroatoms. The Bertz CT molecular complexity index is 3200. The van der Waals surface area contributed by atoms with Gasteiger partial charge in [-0.1, -0.05) is 135 Å². The summed E-state index contributed by atoms with van der Waals surface area (Å²) in [6.07, 6.45) is 4.01. The van der Waals surface area contributed by atoms with Gasteiger partial charge in [-0.2, -0.15) is 0 Å². The van der Waals surface area contributed by atoms with Crippen LogP contribution in [0.1, 0.15) is 131 Å². The fraction of sp³-hybridized carbons (Fsp3) is 0.393. The van der Waals surface area contributed by atoms with Crippen molar-refractivity contribution in [3.05, 3.63) is 154 Å². The van der Waals surface area contributed by atoms with Gasteiger partial charge in [0.1, 0.15) is 14.1 Å². The fourth-order valence-corrected chi connectivity index (χ4v) is 7.18. The van der Waals surface area contributed by atoms with Gasteiger partial charge in [-0.05, 0) is 138 Å². The van der Waals surface area contributed by atoms with Crippen molar-refractivity contribution in [1.29, 1.82) is 0 Å². The Morgan fingerprint density at radius 3 is 1.29 bits per heavy atom. The highest BCUT2D eigenvalue weighted by molar-refractivity contribution is 5.77. The minimum absolute atomic E-state index is 0.0378. The molecule has 2 aromatic heterocycles. The molecule has 0 fully saturated rings. The van der Waals surface area contributed by atoms with Gasteiger partial charge >= 0.3 is 0 Å². The van der Waals surface area contributed by atoms with E-state index < -0.39 is 85.9 Å². The molecule has 6 rings (SSSR count). The highest BCUT2D eigenvalue weighted by atomic mass is 14.9. The van der Waals surface area contributed by atoms with Crippen molar-refractivity contribution in [2.75, 3.05) is 0 Å². The van der Waals surface area contributed by atoms with Gasteiger partial charge < -0.3 is 0 Å². The predicted octanol–water partition coefficient (Wildman–Crippen LogP) is 14.0. The molecule has 0 N–H and O–H groups in total. The maximum atomic E-state index is 8.72. The van der Waals surface area contributed by atoms with E-state index in [0.717, 1.165) is 35.2 Å². The summed E-state index contributed by atoms with van der Waals surface area (Å²) in [6, 6.07) is 5.41. The van der Waals surface area contributed by atoms with Crippen LogP contribution in [0.25, 0.3) is 44.8 Å². The Kier molecular flexibility index (Phi) is 7.76. The average molecular weight is 791 g/mol. The van der Waals surface area contributed by atoms with E-state index in [1.165, 1.54) is 17.2 Å². The standard InChI is InChI=1S/C30H40N.C26H32N/c1-21-15-22(2)27(17-26(21)23-13-11-10-12-14-23)28-16-24(18-29(3,4)5)25(20-31(28)9)19-30(6,7)8;1-18-14-25(27(7)17-22(18)16-26(4,5)6)24-15-23(19(2)13-20(24)3)21-11-9-8-10-12-21/h10-17,20H,18-19H2,1-9H3;8-15,17H,16H2,1-7H3/q2*+1/i1D3,10D,11D,12D,13D,14D;2D3,8D,9D,10D,11D,12D,16D2. The first-order valence-corrected chi connectivity index (χ1v) is 19.8.